The second-order valence-electron chi connectivity index (χ2n) is 12.8. The highest BCUT2D eigenvalue weighted by molar-refractivity contribution is 5.86. The monoisotopic (exact) mass is 553 g/mol. The first-order valence-corrected chi connectivity index (χ1v) is 14.5. The molecule has 1 N–H and O–H groups in total. The number of ether oxygens (including phenoxy) is 2. The summed E-state index contributed by atoms with van der Waals surface area (Å²) in [6.07, 6.45) is 11.6. The first kappa shape index (κ1) is 30.0. The third-order valence-corrected chi connectivity index (χ3v) is 7.84. The highest BCUT2D eigenvalue weighted by atomic mass is 19.1. The van der Waals surface area contributed by atoms with Gasteiger partial charge in [-0.25, -0.2) is 14.2 Å². The van der Waals surface area contributed by atoms with Gasteiger partial charge in [-0.3, -0.25) is 4.98 Å². The number of carboxylic acid groups (broad SMARTS) is 1. The van der Waals surface area contributed by atoms with Crippen LogP contribution in [0.2, 0.25) is 0 Å². The Bertz CT molecular complexity index is 1240. The van der Waals surface area contributed by atoms with Crippen molar-refractivity contribution in [3.63, 3.8) is 0 Å². The lowest BCUT2D eigenvalue weighted by Gasteiger charge is -2.40. The van der Waals surface area contributed by atoms with Gasteiger partial charge in [0.1, 0.15) is 0 Å². The van der Waals surface area contributed by atoms with Gasteiger partial charge in [0, 0.05) is 54.3 Å². The summed E-state index contributed by atoms with van der Waals surface area (Å²) in [5.74, 6) is -1.67. The first-order chi connectivity index (χ1) is 18.8. The van der Waals surface area contributed by atoms with Gasteiger partial charge in [-0.15, -0.1) is 0 Å². The molecule has 1 atom stereocenters. The highest BCUT2D eigenvalue weighted by Gasteiger charge is 2.36. The van der Waals surface area contributed by atoms with Crippen LogP contribution in [0.1, 0.15) is 96.9 Å². The maximum Gasteiger partial charge on any atom is 0.337 e. The number of rotatable bonds is 9. The zero-order valence-electron chi connectivity index (χ0n) is 24.8. The van der Waals surface area contributed by atoms with Crippen molar-refractivity contribution in [2.75, 3.05) is 24.6 Å². The van der Waals surface area contributed by atoms with E-state index >= 15 is 4.39 Å². The molecule has 1 fully saturated rings. The Morgan fingerprint density at radius 2 is 1.90 bits per heavy atom. The van der Waals surface area contributed by atoms with E-state index in [1.165, 1.54) is 24.5 Å². The largest absolute Gasteiger partial charge is 0.479 e. The van der Waals surface area contributed by atoms with Crippen LogP contribution in [-0.4, -0.2) is 46.3 Å². The number of carboxylic acids is 1. The Hall–Kier alpha value is -3.00. The number of aromatic nitrogens is 2. The molecular formula is C32H44FN3O4. The number of piperidine rings is 1. The number of allylic oxidation sites excluding steroid dienone is 1. The SMILES string of the molecule is Cc1ncc(-c2cnc(OCCC3=CCCCC3)c(F)c2)c(N2CCC(C)(C)CC2)c1[C@H](OC(C)(C)C)C(=O)O. The van der Waals surface area contributed by atoms with Gasteiger partial charge in [0.25, 0.3) is 0 Å². The lowest BCUT2D eigenvalue weighted by atomic mass is 9.82. The smallest absolute Gasteiger partial charge is 0.337 e. The lowest BCUT2D eigenvalue weighted by Crippen LogP contribution is -2.39. The zero-order chi connectivity index (χ0) is 29.1. The van der Waals surface area contributed by atoms with E-state index in [0.717, 1.165) is 50.9 Å². The number of nitrogens with zero attached hydrogens (tertiary/aromatic N) is 3. The molecule has 0 saturated carbocycles. The van der Waals surface area contributed by atoms with Crippen LogP contribution in [0.15, 0.2) is 30.1 Å². The molecule has 0 bridgehead atoms. The molecule has 4 rings (SSSR count). The van der Waals surface area contributed by atoms with Crippen LogP contribution in [0.4, 0.5) is 10.1 Å². The van der Waals surface area contributed by atoms with E-state index in [1.54, 1.807) is 19.3 Å². The van der Waals surface area contributed by atoms with E-state index < -0.39 is 23.5 Å². The van der Waals surface area contributed by atoms with Gasteiger partial charge in [-0.1, -0.05) is 25.5 Å². The number of hydrogen-bond donors (Lipinski definition) is 1. The summed E-state index contributed by atoms with van der Waals surface area (Å²) >= 11 is 0. The van der Waals surface area contributed by atoms with Crippen molar-refractivity contribution in [3.05, 3.63) is 47.2 Å². The highest BCUT2D eigenvalue weighted by Crippen LogP contribution is 2.43. The molecule has 7 nitrogen and oxygen atoms in total. The fourth-order valence-corrected chi connectivity index (χ4v) is 5.49. The van der Waals surface area contributed by atoms with Gasteiger partial charge in [0.2, 0.25) is 5.88 Å². The molecular weight excluding hydrogens is 509 g/mol. The topological polar surface area (TPSA) is 84.8 Å². The Labute approximate surface area is 237 Å². The molecule has 1 saturated heterocycles. The third kappa shape index (κ3) is 7.39. The Morgan fingerprint density at radius 1 is 1.18 bits per heavy atom. The van der Waals surface area contributed by atoms with E-state index in [-0.39, 0.29) is 11.3 Å². The Balaban J connectivity index is 1.71. The molecule has 2 aromatic heterocycles. The summed E-state index contributed by atoms with van der Waals surface area (Å²) in [6.45, 7) is 13.7. The molecule has 0 spiro atoms. The minimum Gasteiger partial charge on any atom is -0.479 e. The second kappa shape index (κ2) is 12.2. The van der Waals surface area contributed by atoms with Gasteiger partial charge in [-0.2, -0.15) is 0 Å². The zero-order valence-corrected chi connectivity index (χ0v) is 24.8. The number of aliphatic carboxylic acids is 1. The van der Waals surface area contributed by atoms with Crippen LogP contribution in [-0.2, 0) is 9.53 Å². The van der Waals surface area contributed by atoms with Crippen molar-refractivity contribution in [2.24, 2.45) is 5.41 Å². The molecule has 0 amide bonds. The van der Waals surface area contributed by atoms with Crippen LogP contribution in [0.3, 0.4) is 0 Å². The summed E-state index contributed by atoms with van der Waals surface area (Å²) in [5.41, 5.74) is 3.80. The predicted molar refractivity (Wildman–Crippen MR) is 155 cm³/mol. The summed E-state index contributed by atoms with van der Waals surface area (Å²) in [7, 11) is 0. The summed E-state index contributed by atoms with van der Waals surface area (Å²) in [5, 5.41) is 10.3. The quantitative estimate of drug-likeness (QED) is 0.323. The fraction of sp³-hybridized carbons (Fsp3) is 0.594. The van der Waals surface area contributed by atoms with E-state index in [4.69, 9.17) is 9.47 Å². The molecule has 0 radical (unpaired) electrons. The van der Waals surface area contributed by atoms with Crippen LogP contribution in [0.5, 0.6) is 5.88 Å². The molecule has 1 aliphatic heterocycles. The molecule has 2 aliphatic rings. The maximum atomic E-state index is 15.3. The van der Waals surface area contributed by atoms with E-state index in [1.807, 2.05) is 20.8 Å². The first-order valence-electron chi connectivity index (χ1n) is 14.5. The number of pyridine rings is 2. The molecule has 1 aliphatic carbocycles. The maximum absolute atomic E-state index is 15.3. The van der Waals surface area contributed by atoms with E-state index in [2.05, 4.69) is 34.8 Å². The van der Waals surface area contributed by atoms with E-state index in [9.17, 15) is 9.90 Å². The predicted octanol–water partition coefficient (Wildman–Crippen LogP) is 7.43. The molecule has 0 unspecified atom stereocenters. The number of halogens is 1. The summed E-state index contributed by atoms with van der Waals surface area (Å²) in [6, 6.07) is 1.41. The van der Waals surface area contributed by atoms with Gasteiger partial charge in [-0.05, 0) is 77.7 Å². The van der Waals surface area contributed by atoms with Crippen LogP contribution < -0.4 is 9.64 Å². The number of hydrogen-bond acceptors (Lipinski definition) is 6. The van der Waals surface area contributed by atoms with Crippen molar-refractivity contribution in [2.45, 2.75) is 98.2 Å². The van der Waals surface area contributed by atoms with Crippen molar-refractivity contribution in [1.82, 2.24) is 9.97 Å². The van der Waals surface area contributed by atoms with Crippen LogP contribution >= 0.6 is 0 Å². The van der Waals surface area contributed by atoms with Crippen molar-refractivity contribution in [1.29, 1.82) is 0 Å². The number of aryl methyl sites for hydroxylation is 1. The number of carbonyl (C=O) groups is 1. The van der Waals surface area contributed by atoms with Crippen molar-refractivity contribution < 1.29 is 23.8 Å². The average Bonchev–Trinajstić information content (AvgIpc) is 2.88. The molecule has 0 aromatic carbocycles. The van der Waals surface area contributed by atoms with Gasteiger partial charge in [0.15, 0.2) is 11.9 Å². The molecule has 40 heavy (non-hydrogen) atoms. The summed E-state index contributed by atoms with van der Waals surface area (Å²) < 4.78 is 27.1. The van der Waals surface area contributed by atoms with Gasteiger partial charge >= 0.3 is 5.97 Å². The average molecular weight is 554 g/mol. The lowest BCUT2D eigenvalue weighted by molar-refractivity contribution is -0.160. The van der Waals surface area contributed by atoms with E-state index in [0.29, 0.717) is 29.0 Å². The second-order valence-corrected chi connectivity index (χ2v) is 12.8. The minimum atomic E-state index is -1.23. The van der Waals surface area contributed by atoms with Crippen molar-refractivity contribution >= 4 is 11.7 Å². The fourth-order valence-electron chi connectivity index (χ4n) is 5.49. The van der Waals surface area contributed by atoms with Gasteiger partial charge < -0.3 is 19.5 Å². The molecule has 3 heterocycles. The molecule has 8 heteroatoms. The standard InChI is InChI=1S/C32H44FN3O4/c1-21-26(28(30(37)38)40-31(2,3)4)27(36-15-13-32(5,6)14-16-36)24(20-34-21)23-18-25(33)29(35-19-23)39-17-12-22-10-8-7-9-11-22/h10,18-20,28H,7-9,11-17H2,1-6H3,(H,37,38)/t28-/m0/s1. The minimum absolute atomic E-state index is 0.0267. The van der Waals surface area contributed by atoms with Crippen LogP contribution in [0.25, 0.3) is 11.1 Å². The number of anilines is 1. The third-order valence-electron chi connectivity index (χ3n) is 7.84. The molecule has 218 valence electrons. The normalized spacial score (nSPS) is 18.3. The van der Waals surface area contributed by atoms with Crippen LogP contribution in [0, 0.1) is 18.2 Å². The summed E-state index contributed by atoms with van der Waals surface area (Å²) in [4.78, 5) is 23.7. The van der Waals surface area contributed by atoms with Gasteiger partial charge in [0.05, 0.1) is 17.9 Å². The molecule has 2 aromatic rings. The van der Waals surface area contributed by atoms with Crippen molar-refractivity contribution in [3.8, 4) is 17.0 Å². The Morgan fingerprint density at radius 3 is 2.50 bits per heavy atom. The Kier molecular flexibility index (Phi) is 9.18.